The monoisotopic (exact) mass is 391 g/mol. The summed E-state index contributed by atoms with van der Waals surface area (Å²) < 4.78 is 0. The summed E-state index contributed by atoms with van der Waals surface area (Å²) in [5, 5.41) is 17.0. The predicted octanol–water partition coefficient (Wildman–Crippen LogP) is 2.20. The van der Waals surface area contributed by atoms with Gasteiger partial charge in [0.15, 0.2) is 0 Å². The van der Waals surface area contributed by atoms with Crippen molar-refractivity contribution in [2.24, 2.45) is 11.8 Å². The third-order valence-corrected chi connectivity index (χ3v) is 5.20. The Morgan fingerprint density at radius 1 is 0.966 bits per heavy atom. The first-order chi connectivity index (χ1) is 14.0. The summed E-state index contributed by atoms with van der Waals surface area (Å²) in [6.45, 7) is 2.34. The molecule has 29 heavy (non-hydrogen) atoms. The van der Waals surface area contributed by atoms with Gasteiger partial charge in [0.25, 0.3) is 5.91 Å². The number of hydrogen-bond donors (Lipinski definition) is 2. The molecular weight excluding hydrogens is 368 g/mol. The van der Waals surface area contributed by atoms with E-state index in [4.69, 9.17) is 0 Å². The summed E-state index contributed by atoms with van der Waals surface area (Å²) in [5.41, 5.74) is 2.76. The van der Waals surface area contributed by atoms with Gasteiger partial charge in [0, 0.05) is 18.4 Å². The first kappa shape index (κ1) is 20.3. The minimum absolute atomic E-state index is 0.263. The van der Waals surface area contributed by atoms with E-state index in [0.29, 0.717) is 24.2 Å². The number of allylic oxidation sites excluding steroid dienone is 2. The number of aliphatic carboxylic acids is 1. The number of carbonyl (C=O) groups is 3. The Labute approximate surface area is 169 Å². The molecule has 1 aliphatic rings. The summed E-state index contributed by atoms with van der Waals surface area (Å²) >= 11 is 0. The molecule has 0 saturated heterocycles. The zero-order valence-corrected chi connectivity index (χ0v) is 16.2. The molecule has 0 bridgehead atoms. The molecule has 2 amide bonds. The van der Waals surface area contributed by atoms with E-state index in [1.54, 1.807) is 36.4 Å². The van der Waals surface area contributed by atoms with Gasteiger partial charge in [0.1, 0.15) is 0 Å². The zero-order valence-electron chi connectivity index (χ0n) is 16.2. The van der Waals surface area contributed by atoms with Gasteiger partial charge in [-0.25, -0.2) is 0 Å². The van der Waals surface area contributed by atoms with Crippen LogP contribution in [0.5, 0.6) is 0 Å². The lowest BCUT2D eigenvalue weighted by Crippen LogP contribution is -2.41. The number of hydrogen-bond acceptors (Lipinski definition) is 4. The summed E-state index contributed by atoms with van der Waals surface area (Å²) in [5.74, 6) is -3.58. The molecule has 2 atom stereocenters. The van der Waals surface area contributed by atoms with Crippen LogP contribution in [0.1, 0.15) is 34.3 Å². The van der Waals surface area contributed by atoms with Crippen LogP contribution in [0.3, 0.4) is 0 Å². The van der Waals surface area contributed by atoms with E-state index in [1.165, 1.54) is 0 Å². The molecule has 1 aliphatic carbocycles. The standard InChI is InChI=1S/C23H24N2O4/c1-15-8-2-3-9-16(15)14-24-21(26)19-12-6-7-13-20(19)25-22(27)17-10-4-5-11-18(17)23(28)29/h2-9,12-13,17-18H,10-11,14H2,1H3,(H,24,26)(H,25,27)(H,28,29)/p-1/t17-,18-/m1/s1. The molecule has 0 aromatic heterocycles. The third kappa shape index (κ3) is 4.90. The van der Waals surface area contributed by atoms with Crippen molar-refractivity contribution in [3.8, 4) is 0 Å². The molecule has 0 radical (unpaired) electrons. The lowest BCUT2D eigenvalue weighted by Gasteiger charge is -2.28. The van der Waals surface area contributed by atoms with Crippen LogP contribution in [0, 0.1) is 18.8 Å². The van der Waals surface area contributed by atoms with Crippen LogP contribution in [-0.4, -0.2) is 17.8 Å². The van der Waals surface area contributed by atoms with Crippen LogP contribution < -0.4 is 15.7 Å². The molecule has 0 unspecified atom stereocenters. The maximum atomic E-state index is 12.7. The fourth-order valence-electron chi connectivity index (χ4n) is 3.46. The molecule has 0 spiro atoms. The molecule has 0 saturated carbocycles. The highest BCUT2D eigenvalue weighted by atomic mass is 16.4. The largest absolute Gasteiger partial charge is 0.550 e. The number of rotatable bonds is 6. The molecule has 150 valence electrons. The summed E-state index contributed by atoms with van der Waals surface area (Å²) in [6, 6.07) is 14.5. The predicted molar refractivity (Wildman–Crippen MR) is 108 cm³/mol. The Morgan fingerprint density at radius 2 is 1.62 bits per heavy atom. The van der Waals surface area contributed by atoms with Crippen molar-refractivity contribution < 1.29 is 19.5 Å². The maximum Gasteiger partial charge on any atom is 0.253 e. The molecular formula is C23H23N2O4-. The molecule has 0 heterocycles. The second kappa shape index (κ2) is 9.19. The van der Waals surface area contributed by atoms with Crippen molar-refractivity contribution in [1.82, 2.24) is 5.32 Å². The Hall–Kier alpha value is -3.41. The number of amides is 2. The second-order valence-corrected chi connectivity index (χ2v) is 7.12. The van der Waals surface area contributed by atoms with Gasteiger partial charge in [-0.3, -0.25) is 9.59 Å². The Kier molecular flexibility index (Phi) is 6.44. The molecule has 2 aromatic carbocycles. The number of anilines is 1. The summed E-state index contributed by atoms with van der Waals surface area (Å²) in [7, 11) is 0. The molecule has 3 rings (SSSR count). The number of nitrogens with one attached hydrogen (secondary N) is 2. The highest BCUT2D eigenvalue weighted by Crippen LogP contribution is 2.27. The third-order valence-electron chi connectivity index (χ3n) is 5.20. The van der Waals surface area contributed by atoms with Crippen molar-refractivity contribution in [2.75, 3.05) is 5.32 Å². The summed E-state index contributed by atoms with van der Waals surface area (Å²) in [6.07, 6.45) is 4.13. The van der Waals surface area contributed by atoms with Gasteiger partial charge in [-0.2, -0.15) is 0 Å². The average Bonchev–Trinajstić information content (AvgIpc) is 2.73. The van der Waals surface area contributed by atoms with E-state index in [-0.39, 0.29) is 12.3 Å². The number of carbonyl (C=O) groups excluding carboxylic acids is 3. The van der Waals surface area contributed by atoms with Gasteiger partial charge < -0.3 is 20.5 Å². The fourth-order valence-corrected chi connectivity index (χ4v) is 3.46. The first-order valence-electron chi connectivity index (χ1n) is 9.56. The van der Waals surface area contributed by atoms with Crippen LogP contribution in [0.4, 0.5) is 5.69 Å². The SMILES string of the molecule is Cc1ccccc1CNC(=O)c1ccccc1NC(=O)[C@@H]1CC=CC[C@H]1C(=O)[O-]. The van der Waals surface area contributed by atoms with Crippen LogP contribution in [0.15, 0.2) is 60.7 Å². The van der Waals surface area contributed by atoms with Crippen molar-refractivity contribution in [2.45, 2.75) is 26.3 Å². The lowest BCUT2D eigenvalue weighted by atomic mass is 9.82. The molecule has 0 fully saturated rings. The average molecular weight is 391 g/mol. The van der Waals surface area contributed by atoms with Crippen molar-refractivity contribution in [1.29, 1.82) is 0 Å². The highest BCUT2D eigenvalue weighted by Gasteiger charge is 2.30. The Balaban J connectivity index is 1.72. The maximum absolute atomic E-state index is 12.7. The van der Waals surface area contributed by atoms with Gasteiger partial charge in [0.2, 0.25) is 5.91 Å². The number of carboxylic acids is 1. The topological polar surface area (TPSA) is 98.3 Å². The molecule has 6 nitrogen and oxygen atoms in total. The number of benzene rings is 2. The van der Waals surface area contributed by atoms with Crippen LogP contribution in [0.25, 0.3) is 0 Å². The summed E-state index contributed by atoms with van der Waals surface area (Å²) in [4.78, 5) is 36.8. The molecule has 2 aromatic rings. The lowest BCUT2D eigenvalue weighted by molar-refractivity contribution is -0.313. The van der Waals surface area contributed by atoms with Gasteiger partial charge >= 0.3 is 0 Å². The molecule has 6 heteroatoms. The van der Waals surface area contributed by atoms with Crippen molar-refractivity contribution >= 4 is 23.5 Å². The van der Waals surface area contributed by atoms with Gasteiger partial charge in [-0.1, -0.05) is 48.6 Å². The van der Waals surface area contributed by atoms with Gasteiger partial charge in [-0.05, 0) is 43.0 Å². The number of aryl methyl sites for hydroxylation is 1. The Bertz CT molecular complexity index is 951. The number of para-hydroxylation sites is 1. The first-order valence-corrected chi connectivity index (χ1v) is 9.56. The second-order valence-electron chi connectivity index (χ2n) is 7.12. The normalized spacial score (nSPS) is 18.1. The fraction of sp³-hybridized carbons (Fsp3) is 0.261. The quantitative estimate of drug-likeness (QED) is 0.738. The van der Waals surface area contributed by atoms with Crippen LogP contribution >= 0.6 is 0 Å². The Morgan fingerprint density at radius 3 is 2.34 bits per heavy atom. The minimum Gasteiger partial charge on any atom is -0.550 e. The molecule has 0 aliphatic heterocycles. The van der Waals surface area contributed by atoms with Crippen molar-refractivity contribution in [3.05, 3.63) is 77.4 Å². The number of carboxylic acid groups (broad SMARTS) is 1. The van der Waals surface area contributed by atoms with E-state index < -0.39 is 23.7 Å². The van der Waals surface area contributed by atoms with E-state index in [1.807, 2.05) is 31.2 Å². The van der Waals surface area contributed by atoms with E-state index >= 15 is 0 Å². The van der Waals surface area contributed by atoms with Crippen molar-refractivity contribution in [3.63, 3.8) is 0 Å². The zero-order chi connectivity index (χ0) is 20.8. The van der Waals surface area contributed by atoms with Crippen LogP contribution in [0.2, 0.25) is 0 Å². The highest BCUT2D eigenvalue weighted by molar-refractivity contribution is 6.04. The smallest absolute Gasteiger partial charge is 0.253 e. The minimum atomic E-state index is -1.24. The molecule has 2 N–H and O–H groups in total. The van der Waals surface area contributed by atoms with Gasteiger partial charge in [-0.15, -0.1) is 0 Å². The van der Waals surface area contributed by atoms with E-state index in [9.17, 15) is 19.5 Å². The van der Waals surface area contributed by atoms with E-state index in [2.05, 4.69) is 10.6 Å². The van der Waals surface area contributed by atoms with Crippen LogP contribution in [-0.2, 0) is 16.1 Å². The van der Waals surface area contributed by atoms with Gasteiger partial charge in [0.05, 0.1) is 17.2 Å². The van der Waals surface area contributed by atoms with E-state index in [0.717, 1.165) is 11.1 Å².